The Balaban J connectivity index is 1.63. The summed E-state index contributed by atoms with van der Waals surface area (Å²) < 4.78 is 137. The van der Waals surface area contributed by atoms with E-state index in [0.29, 0.717) is 6.07 Å². The predicted molar refractivity (Wildman–Crippen MR) is 138 cm³/mol. The molecule has 0 radical (unpaired) electrons. The molecule has 1 amide bonds. The standard InChI is InChI=1S/C29H27F8NO5S/c30-20-2-1-3-21(15-20)44(42,43)26-12-13-38(24(39)16-4-6-17(7-5-16)25(40)41)23(26)11-8-18-14-19(9-10-22(18)26)27(31,28(32,33)34)29(35,36)37/h1-3,9-10,14-17,23H,4-8,11-13H2,(H,40,41)/t16-,17-,23?,26?. The molecule has 44 heavy (non-hydrogen) atoms. The van der Waals surface area contributed by atoms with E-state index in [4.69, 9.17) is 0 Å². The Hall–Kier alpha value is -3.23. The second-order valence-electron chi connectivity index (χ2n) is 11.6. The number of rotatable bonds is 5. The van der Waals surface area contributed by atoms with Gasteiger partial charge in [-0.25, -0.2) is 17.2 Å². The summed E-state index contributed by atoms with van der Waals surface area (Å²) in [5.74, 6) is -3.59. The molecule has 6 nitrogen and oxygen atoms in total. The summed E-state index contributed by atoms with van der Waals surface area (Å²) in [5.41, 5.74) is -7.93. The highest BCUT2D eigenvalue weighted by atomic mass is 32.2. The van der Waals surface area contributed by atoms with Crippen LogP contribution in [0.25, 0.3) is 0 Å². The highest BCUT2D eigenvalue weighted by Crippen LogP contribution is 2.57. The quantitative estimate of drug-likeness (QED) is 0.387. The zero-order valence-corrected chi connectivity index (χ0v) is 23.7. The number of halogens is 8. The van der Waals surface area contributed by atoms with Crippen molar-refractivity contribution in [2.75, 3.05) is 6.54 Å². The molecule has 1 heterocycles. The molecule has 1 aliphatic heterocycles. The first-order valence-electron chi connectivity index (χ1n) is 13.9. The largest absolute Gasteiger partial charge is 0.481 e. The van der Waals surface area contributed by atoms with Gasteiger partial charge in [0.15, 0.2) is 9.84 Å². The van der Waals surface area contributed by atoms with Gasteiger partial charge in [0.1, 0.15) is 10.6 Å². The molecule has 1 N–H and O–H groups in total. The average molecular weight is 654 g/mol. The fourth-order valence-corrected chi connectivity index (χ4v) is 9.56. The number of hydrogen-bond donors (Lipinski definition) is 1. The van der Waals surface area contributed by atoms with Crippen LogP contribution in [0.3, 0.4) is 0 Å². The number of hydrogen-bond acceptors (Lipinski definition) is 4. The van der Waals surface area contributed by atoms with E-state index in [0.717, 1.165) is 30.3 Å². The van der Waals surface area contributed by atoms with Crippen LogP contribution < -0.4 is 0 Å². The van der Waals surface area contributed by atoms with Crippen LogP contribution in [0.2, 0.25) is 0 Å². The first-order valence-corrected chi connectivity index (χ1v) is 15.3. The van der Waals surface area contributed by atoms with Crippen molar-refractivity contribution in [3.8, 4) is 0 Å². The molecule has 1 saturated carbocycles. The van der Waals surface area contributed by atoms with Crippen molar-refractivity contribution in [1.82, 2.24) is 4.90 Å². The lowest BCUT2D eigenvalue weighted by Gasteiger charge is -2.44. The van der Waals surface area contributed by atoms with Crippen molar-refractivity contribution in [3.63, 3.8) is 0 Å². The molecule has 240 valence electrons. The third kappa shape index (κ3) is 4.76. The molecule has 2 aromatic carbocycles. The lowest BCUT2D eigenvalue weighted by Crippen LogP contribution is -2.53. The maximum Gasteiger partial charge on any atom is 0.435 e. The van der Waals surface area contributed by atoms with Gasteiger partial charge < -0.3 is 10.0 Å². The van der Waals surface area contributed by atoms with Crippen molar-refractivity contribution in [1.29, 1.82) is 0 Å². The molecule has 0 aromatic heterocycles. The number of benzene rings is 2. The van der Waals surface area contributed by atoms with Gasteiger partial charge in [-0.1, -0.05) is 24.3 Å². The number of nitrogens with zero attached hydrogens (tertiary/aromatic N) is 1. The van der Waals surface area contributed by atoms with E-state index >= 15 is 0 Å². The van der Waals surface area contributed by atoms with Gasteiger partial charge in [0, 0.05) is 18.0 Å². The van der Waals surface area contributed by atoms with Crippen LogP contribution in [0.1, 0.15) is 55.2 Å². The summed E-state index contributed by atoms with van der Waals surface area (Å²) in [5, 5.41) is 9.30. The molecule has 2 aromatic rings. The Morgan fingerprint density at radius 3 is 2.05 bits per heavy atom. The Kier molecular flexibility index (Phi) is 7.82. The maximum absolute atomic E-state index is 15.0. The molecule has 0 spiro atoms. The molecule has 1 saturated heterocycles. The molecular formula is C29H27F8NO5S. The van der Waals surface area contributed by atoms with Gasteiger partial charge in [-0.05, 0) is 74.3 Å². The Morgan fingerprint density at radius 1 is 0.864 bits per heavy atom. The van der Waals surface area contributed by atoms with E-state index in [1.54, 1.807) is 0 Å². The summed E-state index contributed by atoms with van der Waals surface area (Å²) in [7, 11) is -4.67. The fourth-order valence-electron chi connectivity index (χ4n) is 7.16. The van der Waals surface area contributed by atoms with Crippen LogP contribution in [-0.2, 0) is 36.3 Å². The van der Waals surface area contributed by atoms with E-state index in [1.165, 1.54) is 4.90 Å². The van der Waals surface area contributed by atoms with Gasteiger partial charge in [0.05, 0.1) is 16.9 Å². The second-order valence-corrected chi connectivity index (χ2v) is 13.8. The van der Waals surface area contributed by atoms with E-state index in [1.807, 2.05) is 0 Å². The third-order valence-corrected chi connectivity index (χ3v) is 11.9. The number of aliphatic carboxylic acids is 1. The van der Waals surface area contributed by atoms with Crippen LogP contribution in [0, 0.1) is 17.7 Å². The van der Waals surface area contributed by atoms with Crippen molar-refractivity contribution >= 4 is 21.7 Å². The maximum atomic E-state index is 15.0. The van der Waals surface area contributed by atoms with Gasteiger partial charge in [-0.2, -0.15) is 26.3 Å². The number of likely N-dealkylation sites (tertiary alicyclic amines) is 1. The lowest BCUT2D eigenvalue weighted by molar-refractivity contribution is -0.348. The summed E-state index contributed by atoms with van der Waals surface area (Å²) in [6, 6.07) is 4.22. The molecule has 15 heteroatoms. The number of carbonyl (C=O) groups excluding carboxylic acids is 1. The number of carboxylic acid groups (broad SMARTS) is 1. The summed E-state index contributed by atoms with van der Waals surface area (Å²) in [4.78, 5) is 25.9. The predicted octanol–water partition coefficient (Wildman–Crippen LogP) is 6.22. The number of amides is 1. The number of sulfone groups is 1. The number of alkyl halides is 7. The van der Waals surface area contributed by atoms with Crippen LogP contribution in [-0.4, -0.2) is 55.2 Å². The molecule has 2 aliphatic carbocycles. The number of fused-ring (bicyclic) bond motifs is 3. The van der Waals surface area contributed by atoms with Gasteiger partial charge >= 0.3 is 24.0 Å². The van der Waals surface area contributed by atoms with Crippen LogP contribution in [0.5, 0.6) is 0 Å². The van der Waals surface area contributed by atoms with E-state index in [9.17, 15) is 58.2 Å². The average Bonchev–Trinajstić information content (AvgIpc) is 3.36. The fraction of sp³-hybridized carbons (Fsp3) is 0.517. The van der Waals surface area contributed by atoms with Crippen molar-refractivity contribution in [2.24, 2.45) is 11.8 Å². The lowest BCUT2D eigenvalue weighted by atomic mass is 9.76. The zero-order valence-electron chi connectivity index (χ0n) is 22.9. The van der Waals surface area contributed by atoms with Gasteiger partial charge in [0.2, 0.25) is 5.91 Å². The number of carbonyl (C=O) groups is 2. The Bertz CT molecular complexity index is 1570. The Morgan fingerprint density at radius 2 is 1.48 bits per heavy atom. The molecule has 2 atom stereocenters. The van der Waals surface area contributed by atoms with Crippen molar-refractivity contribution < 1.29 is 58.2 Å². The first kappa shape index (κ1) is 32.2. The summed E-state index contributed by atoms with van der Waals surface area (Å²) in [6.45, 7) is -0.143. The van der Waals surface area contributed by atoms with E-state index in [-0.39, 0.29) is 68.7 Å². The SMILES string of the molecule is O=C(O)[C@H]1CC[C@H](C(=O)N2CCC3(S(=O)(=O)c4cccc(F)c4)c4ccc(C(F)(C(F)(F)F)C(F)(F)F)cc4CCC23)CC1. The van der Waals surface area contributed by atoms with Crippen molar-refractivity contribution in [3.05, 3.63) is 65.0 Å². The normalized spacial score (nSPS) is 26.2. The zero-order chi connectivity index (χ0) is 32.5. The molecule has 0 bridgehead atoms. The smallest absolute Gasteiger partial charge is 0.435 e. The van der Waals surface area contributed by atoms with E-state index in [2.05, 4.69) is 0 Å². The highest BCUT2D eigenvalue weighted by molar-refractivity contribution is 7.92. The third-order valence-electron chi connectivity index (χ3n) is 9.36. The van der Waals surface area contributed by atoms with Crippen LogP contribution in [0.15, 0.2) is 47.4 Å². The highest BCUT2D eigenvalue weighted by Gasteiger charge is 2.74. The van der Waals surface area contributed by atoms with Gasteiger partial charge in [-0.3, -0.25) is 9.59 Å². The monoisotopic (exact) mass is 653 g/mol. The molecule has 2 fully saturated rings. The molecule has 3 aliphatic rings. The summed E-state index contributed by atoms with van der Waals surface area (Å²) in [6.07, 6.45) is -12.6. The minimum absolute atomic E-state index is 0.143. The van der Waals surface area contributed by atoms with Gasteiger partial charge in [-0.15, -0.1) is 0 Å². The minimum Gasteiger partial charge on any atom is -0.481 e. The molecular weight excluding hydrogens is 626 g/mol. The minimum atomic E-state index is -6.38. The van der Waals surface area contributed by atoms with Crippen LogP contribution >= 0.6 is 0 Å². The summed E-state index contributed by atoms with van der Waals surface area (Å²) >= 11 is 0. The first-order chi connectivity index (χ1) is 20.4. The molecule has 5 rings (SSSR count). The Labute approximate surface area is 247 Å². The van der Waals surface area contributed by atoms with Crippen LogP contribution in [0.4, 0.5) is 35.1 Å². The van der Waals surface area contributed by atoms with E-state index < -0.39 is 78.6 Å². The second kappa shape index (κ2) is 10.7. The molecule has 2 unspecified atom stereocenters. The number of carboxylic acids is 1. The topological polar surface area (TPSA) is 91.8 Å². The van der Waals surface area contributed by atoms with Gasteiger partial charge in [0.25, 0.3) is 0 Å². The van der Waals surface area contributed by atoms with Crippen molar-refractivity contribution in [2.45, 2.75) is 78.7 Å². The number of aryl methyl sites for hydroxylation is 1.